The highest BCUT2D eigenvalue weighted by atomic mass is 32.1. The third-order valence-corrected chi connectivity index (χ3v) is 12.2. The third kappa shape index (κ3) is 4.65. The summed E-state index contributed by atoms with van der Waals surface area (Å²) in [6.45, 7) is 0. The molecule has 0 saturated heterocycles. The highest BCUT2D eigenvalue weighted by Gasteiger charge is 2.34. The van der Waals surface area contributed by atoms with Crippen molar-refractivity contribution in [3.8, 4) is 66.9 Å². The second-order valence-corrected chi connectivity index (χ2v) is 15.3. The lowest BCUT2D eigenvalue weighted by atomic mass is 9.80. The maximum atomic E-state index is 6.83. The number of benzene rings is 6. The molecule has 6 aromatic heterocycles. The second kappa shape index (κ2) is 12.1. The van der Waals surface area contributed by atoms with E-state index in [0.29, 0.717) is 0 Å². The molecule has 4 N–H and O–H groups in total. The van der Waals surface area contributed by atoms with E-state index in [-0.39, 0.29) is 0 Å². The normalized spacial score (nSPS) is 11.9. The molecule has 56 heavy (non-hydrogen) atoms. The molecule has 0 fully saturated rings. The minimum absolute atomic E-state index is 0.758. The Balaban J connectivity index is 1.39. The van der Waals surface area contributed by atoms with Crippen molar-refractivity contribution in [3.05, 3.63) is 164 Å². The lowest BCUT2D eigenvalue weighted by Crippen LogP contribution is -2.02. The van der Waals surface area contributed by atoms with Crippen LogP contribution < -0.4 is 0 Å². The van der Waals surface area contributed by atoms with Crippen molar-refractivity contribution in [1.82, 2.24) is 24.9 Å². The first-order chi connectivity index (χ1) is 27.8. The zero-order valence-electron chi connectivity index (χ0n) is 29.9. The molecule has 6 nitrogen and oxygen atoms in total. The number of rotatable bonds is 6. The van der Waals surface area contributed by atoms with Crippen LogP contribution >= 0.6 is 11.3 Å². The van der Waals surface area contributed by atoms with Gasteiger partial charge in [0, 0.05) is 93.8 Å². The summed E-state index contributed by atoms with van der Waals surface area (Å²) in [5.74, 6) is 1.53. The lowest BCUT2D eigenvalue weighted by molar-refractivity contribution is 0.587. The standard InChI is InChI=1S/C49H31N5OS/c1-5-16-32-30(14-1)26-51-47(32)44-42(38-24-28-12-3-7-18-34(28)52-38)43(40-25-29-13-4-10-22-39(29)56-40)41(37-21-11-23-50-37)46(49-53-35-19-8-9-20-36(35)54-49)45(44)48-33-17-6-2-15-31(33)27-55-48/h1-27,50-52H,(H,53,54). The smallest absolute Gasteiger partial charge is 0.143 e. The lowest BCUT2D eigenvalue weighted by Gasteiger charge is -2.25. The molecule has 0 aliphatic carbocycles. The number of fused-ring (bicyclic) bond motifs is 5. The quantitative estimate of drug-likeness (QED) is 0.137. The number of H-pyrrole nitrogens is 4. The van der Waals surface area contributed by atoms with Crippen molar-refractivity contribution in [1.29, 1.82) is 0 Å². The van der Waals surface area contributed by atoms with E-state index in [4.69, 9.17) is 9.40 Å². The minimum atomic E-state index is 0.758. The summed E-state index contributed by atoms with van der Waals surface area (Å²) < 4.78 is 8.05. The topological polar surface area (TPSA) is 89.2 Å². The molecule has 0 aliphatic rings. The fraction of sp³-hybridized carbons (Fsp3) is 0. The number of imidazole rings is 1. The van der Waals surface area contributed by atoms with Gasteiger partial charge in [0.05, 0.1) is 23.0 Å². The molecule has 0 saturated carbocycles. The van der Waals surface area contributed by atoms with E-state index in [0.717, 1.165) is 110 Å². The van der Waals surface area contributed by atoms with E-state index in [1.165, 1.54) is 10.1 Å². The van der Waals surface area contributed by atoms with Gasteiger partial charge in [0.25, 0.3) is 0 Å². The number of hydrogen-bond donors (Lipinski definition) is 4. The maximum Gasteiger partial charge on any atom is 0.143 e. The van der Waals surface area contributed by atoms with Gasteiger partial charge in [-0.15, -0.1) is 11.3 Å². The Kier molecular flexibility index (Phi) is 6.70. The van der Waals surface area contributed by atoms with Gasteiger partial charge in [-0.3, -0.25) is 0 Å². The van der Waals surface area contributed by atoms with Gasteiger partial charge in [-0.05, 0) is 59.3 Å². The molecular weight excluding hydrogens is 707 g/mol. The van der Waals surface area contributed by atoms with Crippen LogP contribution in [0.3, 0.4) is 0 Å². The van der Waals surface area contributed by atoms with Crippen molar-refractivity contribution < 1.29 is 4.42 Å². The SMILES string of the molecule is c1c[nH]c(-c2c(-c3nc4ccccc4[nH]3)c(-c3occ4ccccc34)c(-c3[nH]cc4ccccc34)c(-c3cc4ccccc4[nH]3)c2-c2cc3ccccc3s2)c1. The second-order valence-electron chi connectivity index (χ2n) is 14.3. The van der Waals surface area contributed by atoms with Crippen molar-refractivity contribution in [3.63, 3.8) is 0 Å². The summed E-state index contributed by atoms with van der Waals surface area (Å²) in [6, 6.07) is 51.3. The molecule has 12 rings (SSSR count). The molecule has 0 radical (unpaired) electrons. The van der Waals surface area contributed by atoms with E-state index in [2.05, 4.69) is 166 Å². The molecule has 0 bridgehead atoms. The first kappa shape index (κ1) is 31.0. The predicted octanol–water partition coefficient (Wildman–Crippen LogP) is 13.8. The van der Waals surface area contributed by atoms with Gasteiger partial charge in [-0.1, -0.05) is 97.1 Å². The maximum absolute atomic E-state index is 6.83. The van der Waals surface area contributed by atoms with Crippen molar-refractivity contribution >= 4 is 64.9 Å². The summed E-state index contributed by atoms with van der Waals surface area (Å²) >= 11 is 1.81. The van der Waals surface area contributed by atoms with Crippen LogP contribution in [0.4, 0.5) is 0 Å². The highest BCUT2D eigenvalue weighted by molar-refractivity contribution is 7.22. The zero-order chi connectivity index (χ0) is 36.7. The fourth-order valence-corrected chi connectivity index (χ4v) is 9.71. The molecule has 0 unspecified atom stereocenters. The number of furan rings is 1. The van der Waals surface area contributed by atoms with Gasteiger partial charge in [0.1, 0.15) is 11.6 Å². The summed E-state index contributed by atoms with van der Waals surface area (Å²) in [6.07, 6.45) is 5.99. The van der Waals surface area contributed by atoms with Crippen molar-refractivity contribution in [2.24, 2.45) is 0 Å². The molecule has 7 heteroatoms. The van der Waals surface area contributed by atoms with Gasteiger partial charge in [0.15, 0.2) is 0 Å². The van der Waals surface area contributed by atoms with Crippen LogP contribution in [-0.2, 0) is 0 Å². The van der Waals surface area contributed by atoms with Crippen molar-refractivity contribution in [2.45, 2.75) is 0 Å². The highest BCUT2D eigenvalue weighted by Crippen LogP contribution is 2.58. The number of para-hydroxylation sites is 3. The summed E-state index contributed by atoms with van der Waals surface area (Å²) in [5.41, 5.74) is 12.0. The monoisotopic (exact) mass is 737 g/mol. The first-order valence-corrected chi connectivity index (χ1v) is 19.5. The van der Waals surface area contributed by atoms with E-state index in [1.54, 1.807) is 0 Å². The van der Waals surface area contributed by atoms with E-state index >= 15 is 0 Å². The Morgan fingerprint density at radius 2 is 1.23 bits per heavy atom. The summed E-state index contributed by atoms with van der Waals surface area (Å²) in [5, 5.41) is 6.64. The van der Waals surface area contributed by atoms with Crippen LogP contribution in [0.2, 0.25) is 0 Å². The predicted molar refractivity (Wildman–Crippen MR) is 232 cm³/mol. The molecule has 0 amide bonds. The first-order valence-electron chi connectivity index (χ1n) is 18.7. The Bertz CT molecular complexity index is 3340. The molecule has 0 aliphatic heterocycles. The van der Waals surface area contributed by atoms with Gasteiger partial charge in [-0.25, -0.2) is 4.98 Å². The average molecular weight is 738 g/mol. The van der Waals surface area contributed by atoms with Crippen molar-refractivity contribution in [2.75, 3.05) is 0 Å². The van der Waals surface area contributed by atoms with Crippen LogP contribution in [0.5, 0.6) is 0 Å². The average Bonchev–Trinajstić information content (AvgIpc) is 4.10. The molecule has 12 aromatic rings. The van der Waals surface area contributed by atoms with Gasteiger partial charge >= 0.3 is 0 Å². The van der Waals surface area contributed by atoms with Gasteiger partial charge in [0.2, 0.25) is 0 Å². The summed E-state index contributed by atoms with van der Waals surface area (Å²) in [4.78, 5) is 21.7. The van der Waals surface area contributed by atoms with Crippen LogP contribution in [-0.4, -0.2) is 24.9 Å². The van der Waals surface area contributed by atoms with Gasteiger partial charge in [-0.2, -0.15) is 0 Å². The van der Waals surface area contributed by atoms with E-state index in [9.17, 15) is 0 Å². The zero-order valence-corrected chi connectivity index (χ0v) is 30.7. The van der Waals surface area contributed by atoms with Crippen LogP contribution in [0, 0.1) is 0 Å². The largest absolute Gasteiger partial charge is 0.463 e. The van der Waals surface area contributed by atoms with Crippen LogP contribution in [0.25, 0.3) is 120 Å². The third-order valence-electron chi connectivity index (χ3n) is 11.1. The Hall–Kier alpha value is -7.35. The molecule has 0 spiro atoms. The number of nitrogens with zero attached hydrogens (tertiary/aromatic N) is 1. The van der Waals surface area contributed by atoms with E-state index in [1.807, 2.05) is 29.9 Å². The fourth-order valence-electron chi connectivity index (χ4n) is 8.59. The molecule has 6 aromatic carbocycles. The Morgan fingerprint density at radius 1 is 0.500 bits per heavy atom. The van der Waals surface area contributed by atoms with Crippen LogP contribution in [0.1, 0.15) is 0 Å². The molecule has 6 heterocycles. The Labute approximate surface area is 324 Å². The number of aromatic amines is 4. The molecule has 0 atom stereocenters. The number of nitrogens with one attached hydrogen (secondary N) is 4. The Morgan fingerprint density at radius 3 is 2.05 bits per heavy atom. The molecule has 264 valence electrons. The number of thiophene rings is 1. The molecular formula is C49H31N5OS. The minimum Gasteiger partial charge on any atom is -0.463 e. The summed E-state index contributed by atoms with van der Waals surface area (Å²) in [7, 11) is 0. The van der Waals surface area contributed by atoms with Gasteiger partial charge < -0.3 is 24.4 Å². The van der Waals surface area contributed by atoms with E-state index < -0.39 is 0 Å². The number of aromatic nitrogens is 5. The number of hydrogen-bond acceptors (Lipinski definition) is 3. The van der Waals surface area contributed by atoms with Crippen LogP contribution in [0.15, 0.2) is 169 Å².